The molecule has 0 bridgehead atoms. The number of hydrogen-bond donors (Lipinski definition) is 2. The molecule has 0 saturated carbocycles. The van der Waals surface area contributed by atoms with Gasteiger partial charge in [0.1, 0.15) is 5.82 Å². The lowest BCUT2D eigenvalue weighted by atomic mass is 10.0. The molecule has 15 heavy (non-hydrogen) atoms. The zero-order chi connectivity index (χ0) is 11.3. The number of benzene rings is 1. The maximum Gasteiger partial charge on any atom is 0.129 e. The highest BCUT2D eigenvalue weighted by Crippen LogP contribution is 2.22. The van der Waals surface area contributed by atoms with E-state index in [0.29, 0.717) is 12.1 Å². The minimum absolute atomic E-state index is 0.232. The van der Waals surface area contributed by atoms with Gasteiger partial charge in [0.15, 0.2) is 0 Å². The molecule has 1 atom stereocenters. The second kappa shape index (κ2) is 6.20. The van der Waals surface area contributed by atoms with Crippen LogP contribution in [0.25, 0.3) is 0 Å². The maximum atomic E-state index is 13.5. The van der Waals surface area contributed by atoms with E-state index in [4.69, 9.17) is 11.5 Å². The van der Waals surface area contributed by atoms with Crippen LogP contribution in [-0.4, -0.2) is 6.54 Å². The van der Waals surface area contributed by atoms with E-state index in [1.165, 1.54) is 6.07 Å². The predicted octanol–water partition coefficient (Wildman–Crippen LogP) is 2.72. The third-order valence-corrected chi connectivity index (χ3v) is 2.82. The van der Waals surface area contributed by atoms with Crippen LogP contribution in [0.1, 0.15) is 30.9 Å². The molecule has 0 fully saturated rings. The summed E-state index contributed by atoms with van der Waals surface area (Å²) in [7, 11) is 0. The van der Waals surface area contributed by atoms with Crippen molar-refractivity contribution in [2.75, 3.05) is 6.54 Å². The van der Waals surface area contributed by atoms with E-state index in [0.717, 1.165) is 23.7 Å². The Balaban J connectivity index is 2.61. The third-order valence-electron chi connectivity index (χ3n) is 2.33. The molecule has 84 valence electrons. The zero-order valence-corrected chi connectivity index (χ0v) is 10.1. The van der Waals surface area contributed by atoms with E-state index in [1.807, 2.05) is 0 Å². The minimum atomic E-state index is -0.246. The Morgan fingerprint density at radius 2 is 2.07 bits per heavy atom. The molecule has 0 aliphatic rings. The highest BCUT2D eigenvalue weighted by molar-refractivity contribution is 9.10. The van der Waals surface area contributed by atoms with Crippen LogP contribution in [0.15, 0.2) is 22.7 Å². The molecular weight excluding hydrogens is 259 g/mol. The zero-order valence-electron chi connectivity index (χ0n) is 8.55. The fraction of sp³-hybridized carbons (Fsp3) is 0.455. The molecule has 0 aromatic heterocycles. The Labute approximate surface area is 98.0 Å². The van der Waals surface area contributed by atoms with Crippen LogP contribution in [0.3, 0.4) is 0 Å². The van der Waals surface area contributed by atoms with Gasteiger partial charge in [0.25, 0.3) is 0 Å². The standard InChI is InChI=1S/C11H16BrFN2/c12-8-4-5-9(10(13)7-8)11(15)3-1-2-6-14/h4-5,7,11H,1-3,6,14-15H2/t11-/m1/s1. The average Bonchev–Trinajstić information content (AvgIpc) is 2.17. The van der Waals surface area contributed by atoms with E-state index in [1.54, 1.807) is 12.1 Å². The Kier molecular flexibility index (Phi) is 5.22. The molecule has 0 unspecified atom stereocenters. The number of unbranched alkanes of at least 4 members (excludes halogenated alkanes) is 1. The predicted molar refractivity (Wildman–Crippen MR) is 63.9 cm³/mol. The highest BCUT2D eigenvalue weighted by atomic mass is 79.9. The Hall–Kier alpha value is -0.450. The quantitative estimate of drug-likeness (QED) is 0.812. The second-order valence-corrected chi connectivity index (χ2v) is 4.47. The second-order valence-electron chi connectivity index (χ2n) is 3.56. The first kappa shape index (κ1) is 12.6. The van der Waals surface area contributed by atoms with Crippen molar-refractivity contribution >= 4 is 15.9 Å². The number of rotatable bonds is 5. The fourth-order valence-electron chi connectivity index (χ4n) is 1.47. The minimum Gasteiger partial charge on any atom is -0.330 e. The van der Waals surface area contributed by atoms with Crippen LogP contribution in [0.2, 0.25) is 0 Å². The SMILES string of the molecule is NCCCC[C@@H](N)c1ccc(Br)cc1F. The molecule has 0 amide bonds. The van der Waals surface area contributed by atoms with E-state index in [9.17, 15) is 4.39 Å². The van der Waals surface area contributed by atoms with Gasteiger partial charge in [-0.05, 0) is 31.5 Å². The van der Waals surface area contributed by atoms with Crippen LogP contribution >= 0.6 is 15.9 Å². The first-order valence-corrected chi connectivity index (χ1v) is 5.85. The fourth-order valence-corrected chi connectivity index (χ4v) is 1.80. The molecule has 4 heteroatoms. The van der Waals surface area contributed by atoms with Gasteiger partial charge in [0.2, 0.25) is 0 Å². The summed E-state index contributed by atoms with van der Waals surface area (Å²) in [6.45, 7) is 0.662. The summed E-state index contributed by atoms with van der Waals surface area (Å²) >= 11 is 3.21. The lowest BCUT2D eigenvalue weighted by Crippen LogP contribution is -2.12. The van der Waals surface area contributed by atoms with Crippen molar-refractivity contribution in [3.8, 4) is 0 Å². The van der Waals surface area contributed by atoms with E-state index in [2.05, 4.69) is 15.9 Å². The topological polar surface area (TPSA) is 52.0 Å². The van der Waals surface area contributed by atoms with Gasteiger partial charge >= 0.3 is 0 Å². The van der Waals surface area contributed by atoms with Gasteiger partial charge in [-0.15, -0.1) is 0 Å². The van der Waals surface area contributed by atoms with Gasteiger partial charge in [-0.2, -0.15) is 0 Å². The van der Waals surface area contributed by atoms with Crippen LogP contribution in [0, 0.1) is 5.82 Å². The highest BCUT2D eigenvalue weighted by Gasteiger charge is 2.10. The lowest BCUT2D eigenvalue weighted by molar-refractivity contribution is 0.542. The molecule has 1 aromatic carbocycles. The van der Waals surface area contributed by atoms with Gasteiger partial charge in [-0.3, -0.25) is 0 Å². The Morgan fingerprint density at radius 3 is 2.67 bits per heavy atom. The molecule has 0 radical (unpaired) electrons. The molecule has 1 rings (SSSR count). The molecule has 4 N–H and O–H groups in total. The van der Waals surface area contributed by atoms with E-state index < -0.39 is 0 Å². The summed E-state index contributed by atoms with van der Waals surface area (Å²) < 4.78 is 14.2. The van der Waals surface area contributed by atoms with Crippen LogP contribution in [-0.2, 0) is 0 Å². The van der Waals surface area contributed by atoms with Crippen LogP contribution in [0.5, 0.6) is 0 Å². The van der Waals surface area contributed by atoms with Gasteiger partial charge in [-0.25, -0.2) is 4.39 Å². The normalized spacial score (nSPS) is 12.8. The molecule has 0 aliphatic carbocycles. The van der Waals surface area contributed by atoms with E-state index >= 15 is 0 Å². The van der Waals surface area contributed by atoms with Crippen molar-refractivity contribution in [3.63, 3.8) is 0 Å². The molecule has 0 saturated heterocycles. The van der Waals surface area contributed by atoms with Crippen molar-refractivity contribution in [3.05, 3.63) is 34.1 Å². The average molecular weight is 275 g/mol. The van der Waals surface area contributed by atoms with Gasteiger partial charge in [0, 0.05) is 16.1 Å². The molecule has 0 aliphatic heterocycles. The van der Waals surface area contributed by atoms with E-state index in [-0.39, 0.29) is 11.9 Å². The van der Waals surface area contributed by atoms with Gasteiger partial charge < -0.3 is 11.5 Å². The number of nitrogens with two attached hydrogens (primary N) is 2. The smallest absolute Gasteiger partial charge is 0.129 e. The summed E-state index contributed by atoms with van der Waals surface area (Å²) in [4.78, 5) is 0. The van der Waals surface area contributed by atoms with Crippen molar-refractivity contribution in [1.82, 2.24) is 0 Å². The summed E-state index contributed by atoms with van der Waals surface area (Å²) in [5.41, 5.74) is 11.9. The summed E-state index contributed by atoms with van der Waals surface area (Å²) in [6, 6.07) is 4.75. The van der Waals surface area contributed by atoms with Gasteiger partial charge in [-0.1, -0.05) is 28.4 Å². The summed E-state index contributed by atoms with van der Waals surface area (Å²) in [5, 5.41) is 0. The maximum absolute atomic E-state index is 13.5. The Morgan fingerprint density at radius 1 is 1.33 bits per heavy atom. The molecule has 2 nitrogen and oxygen atoms in total. The van der Waals surface area contributed by atoms with Crippen molar-refractivity contribution < 1.29 is 4.39 Å². The van der Waals surface area contributed by atoms with Crippen LogP contribution < -0.4 is 11.5 Å². The van der Waals surface area contributed by atoms with Crippen molar-refractivity contribution in [2.45, 2.75) is 25.3 Å². The summed E-state index contributed by atoms with van der Waals surface area (Å²) in [5.74, 6) is -0.246. The lowest BCUT2D eigenvalue weighted by Gasteiger charge is -2.12. The monoisotopic (exact) mass is 274 g/mol. The Bertz CT molecular complexity index is 317. The molecule has 0 heterocycles. The number of halogens is 2. The largest absolute Gasteiger partial charge is 0.330 e. The first-order valence-electron chi connectivity index (χ1n) is 5.05. The van der Waals surface area contributed by atoms with Gasteiger partial charge in [0.05, 0.1) is 0 Å². The molecule has 1 aromatic rings. The third kappa shape index (κ3) is 3.89. The molecule has 0 spiro atoms. The van der Waals surface area contributed by atoms with Crippen molar-refractivity contribution in [2.24, 2.45) is 11.5 Å². The summed E-state index contributed by atoms with van der Waals surface area (Å²) in [6.07, 6.45) is 2.65. The first-order chi connectivity index (χ1) is 7.15. The number of hydrogen-bond acceptors (Lipinski definition) is 2. The van der Waals surface area contributed by atoms with Crippen molar-refractivity contribution in [1.29, 1.82) is 0 Å². The molecular formula is C11H16BrFN2. The van der Waals surface area contributed by atoms with Crippen LogP contribution in [0.4, 0.5) is 4.39 Å².